The molecule has 1 amide bonds. The van der Waals surface area contributed by atoms with Crippen molar-refractivity contribution >= 4 is 17.2 Å². The molecule has 118 valence electrons. The van der Waals surface area contributed by atoms with Crippen LogP contribution in [0.1, 0.15) is 38.3 Å². The quantitative estimate of drug-likeness (QED) is 0.939. The Bertz CT molecular complexity index is 761. The Morgan fingerprint density at radius 1 is 1.36 bits per heavy atom. The minimum Gasteiger partial charge on any atom is -0.349 e. The van der Waals surface area contributed by atoms with Gasteiger partial charge >= 0.3 is 0 Å². The van der Waals surface area contributed by atoms with E-state index in [9.17, 15) is 9.59 Å². The first-order valence-electron chi connectivity index (χ1n) is 7.20. The van der Waals surface area contributed by atoms with Gasteiger partial charge in [-0.05, 0) is 45.4 Å². The van der Waals surface area contributed by atoms with Crippen molar-refractivity contribution < 1.29 is 4.79 Å². The molecule has 2 rings (SSSR count). The molecule has 0 saturated heterocycles. The highest BCUT2D eigenvalue weighted by atomic mass is 32.1. The van der Waals surface area contributed by atoms with Crippen LogP contribution in [0.5, 0.6) is 0 Å². The second-order valence-corrected chi connectivity index (χ2v) is 6.98. The maximum atomic E-state index is 12.4. The summed E-state index contributed by atoms with van der Waals surface area (Å²) in [5, 5.41) is 7.01. The number of hydrogen-bond donors (Lipinski definition) is 1. The summed E-state index contributed by atoms with van der Waals surface area (Å²) in [5.74, 6) is -0.329. The molecular weight excluding hydrogens is 298 g/mol. The summed E-state index contributed by atoms with van der Waals surface area (Å²) < 4.78 is 1.21. The van der Waals surface area contributed by atoms with Crippen LogP contribution in [-0.4, -0.2) is 21.7 Å². The molecule has 22 heavy (non-hydrogen) atoms. The number of amides is 1. The molecule has 0 aliphatic heterocycles. The van der Waals surface area contributed by atoms with E-state index in [1.54, 1.807) is 32.2 Å². The minimum atomic E-state index is -0.361. The van der Waals surface area contributed by atoms with Crippen LogP contribution >= 0.6 is 11.3 Å². The molecule has 0 saturated carbocycles. The molecular formula is C16H21N3O2S. The standard InChI is InChI=1S/C16H21N3O2S/c1-9(8-13-7-6-10(2)22-13)17-15(20)14-11(3)12(4)18-19(5)16(14)21/h6-7,9H,8H2,1-5H3,(H,17,20)/t9-/m0/s1. The van der Waals surface area contributed by atoms with E-state index in [-0.39, 0.29) is 23.1 Å². The number of carbonyl (C=O) groups excluding carboxylic acids is 1. The van der Waals surface area contributed by atoms with E-state index in [4.69, 9.17) is 0 Å². The lowest BCUT2D eigenvalue weighted by Crippen LogP contribution is -2.39. The molecule has 5 nitrogen and oxygen atoms in total. The second-order valence-electron chi connectivity index (χ2n) is 5.61. The maximum absolute atomic E-state index is 12.4. The van der Waals surface area contributed by atoms with Crippen molar-refractivity contribution in [3.8, 4) is 0 Å². The van der Waals surface area contributed by atoms with Crippen molar-refractivity contribution in [2.45, 2.75) is 40.2 Å². The molecule has 0 unspecified atom stereocenters. The van der Waals surface area contributed by atoms with Crippen LogP contribution in [-0.2, 0) is 13.5 Å². The number of hydrogen-bond acceptors (Lipinski definition) is 4. The Labute approximate surface area is 134 Å². The highest BCUT2D eigenvalue weighted by Crippen LogP contribution is 2.17. The summed E-state index contributed by atoms with van der Waals surface area (Å²) >= 11 is 1.72. The summed E-state index contributed by atoms with van der Waals surface area (Å²) in [6.07, 6.45) is 0.758. The van der Waals surface area contributed by atoms with Crippen LogP contribution < -0.4 is 10.9 Å². The monoisotopic (exact) mass is 319 g/mol. The second kappa shape index (κ2) is 6.44. The number of aromatic nitrogens is 2. The number of aryl methyl sites for hydroxylation is 3. The summed E-state index contributed by atoms with van der Waals surface area (Å²) in [5.41, 5.74) is 1.15. The van der Waals surface area contributed by atoms with Gasteiger partial charge in [0.15, 0.2) is 0 Å². The van der Waals surface area contributed by atoms with Crippen LogP contribution in [0.15, 0.2) is 16.9 Å². The number of rotatable bonds is 4. The van der Waals surface area contributed by atoms with Crippen LogP contribution in [0.25, 0.3) is 0 Å². The SMILES string of the molecule is Cc1ccc(C[C@H](C)NC(=O)c2c(C)c(C)nn(C)c2=O)s1. The van der Waals surface area contributed by atoms with Crippen molar-refractivity contribution in [1.29, 1.82) is 0 Å². The molecule has 0 radical (unpaired) electrons. The lowest BCUT2D eigenvalue weighted by Gasteiger charge is -2.15. The van der Waals surface area contributed by atoms with Gasteiger partial charge in [0, 0.05) is 29.3 Å². The van der Waals surface area contributed by atoms with E-state index in [0.717, 1.165) is 6.42 Å². The highest BCUT2D eigenvalue weighted by Gasteiger charge is 2.19. The van der Waals surface area contributed by atoms with E-state index in [1.807, 2.05) is 6.92 Å². The molecule has 0 bridgehead atoms. The van der Waals surface area contributed by atoms with E-state index in [1.165, 1.54) is 14.4 Å². The number of carbonyl (C=O) groups is 1. The largest absolute Gasteiger partial charge is 0.349 e. The first kappa shape index (κ1) is 16.4. The van der Waals surface area contributed by atoms with Gasteiger partial charge in [-0.2, -0.15) is 5.10 Å². The zero-order valence-electron chi connectivity index (χ0n) is 13.6. The normalized spacial score (nSPS) is 12.2. The minimum absolute atomic E-state index is 0.0388. The Hall–Kier alpha value is -1.95. The molecule has 0 spiro atoms. The predicted octanol–water partition coefficient (Wildman–Crippen LogP) is 2.13. The van der Waals surface area contributed by atoms with Gasteiger partial charge in [0.05, 0.1) is 5.69 Å². The van der Waals surface area contributed by atoms with Crippen molar-refractivity contribution in [2.24, 2.45) is 7.05 Å². The molecule has 6 heteroatoms. The first-order valence-corrected chi connectivity index (χ1v) is 8.02. The molecule has 1 N–H and O–H groups in total. The van der Waals surface area contributed by atoms with E-state index in [2.05, 4.69) is 29.5 Å². The van der Waals surface area contributed by atoms with Crippen molar-refractivity contribution in [3.05, 3.63) is 49.1 Å². The predicted molar refractivity (Wildman–Crippen MR) is 88.6 cm³/mol. The smallest absolute Gasteiger partial charge is 0.279 e. The summed E-state index contributed by atoms with van der Waals surface area (Å²) in [4.78, 5) is 27.1. The maximum Gasteiger partial charge on any atom is 0.279 e. The Morgan fingerprint density at radius 3 is 2.64 bits per heavy atom. The third kappa shape index (κ3) is 3.44. The van der Waals surface area contributed by atoms with Gasteiger partial charge in [-0.25, -0.2) is 4.68 Å². The van der Waals surface area contributed by atoms with Crippen LogP contribution in [0.4, 0.5) is 0 Å². The molecule has 0 aliphatic rings. The number of nitrogens with one attached hydrogen (secondary N) is 1. The van der Waals surface area contributed by atoms with Crippen LogP contribution in [0.2, 0.25) is 0 Å². The average molecular weight is 319 g/mol. The third-order valence-electron chi connectivity index (χ3n) is 3.63. The zero-order valence-corrected chi connectivity index (χ0v) is 14.4. The van der Waals surface area contributed by atoms with Gasteiger partial charge < -0.3 is 5.32 Å². The zero-order chi connectivity index (χ0) is 16.4. The fourth-order valence-corrected chi connectivity index (χ4v) is 3.38. The lowest BCUT2D eigenvalue weighted by atomic mass is 10.1. The van der Waals surface area contributed by atoms with E-state index < -0.39 is 0 Å². The first-order chi connectivity index (χ1) is 10.3. The van der Waals surface area contributed by atoms with Gasteiger partial charge in [-0.1, -0.05) is 0 Å². The number of thiophene rings is 1. The van der Waals surface area contributed by atoms with Gasteiger partial charge in [0.1, 0.15) is 5.56 Å². The topological polar surface area (TPSA) is 64.0 Å². The van der Waals surface area contributed by atoms with Gasteiger partial charge in [0.25, 0.3) is 11.5 Å². The van der Waals surface area contributed by atoms with Gasteiger partial charge in [0.2, 0.25) is 0 Å². The Balaban J connectivity index is 2.17. The van der Waals surface area contributed by atoms with Crippen molar-refractivity contribution in [2.75, 3.05) is 0 Å². The van der Waals surface area contributed by atoms with Crippen LogP contribution in [0.3, 0.4) is 0 Å². The molecule has 0 aromatic carbocycles. The van der Waals surface area contributed by atoms with E-state index in [0.29, 0.717) is 11.3 Å². The molecule has 0 aliphatic carbocycles. The van der Waals surface area contributed by atoms with Crippen molar-refractivity contribution in [3.63, 3.8) is 0 Å². The molecule has 0 fully saturated rings. The lowest BCUT2D eigenvalue weighted by molar-refractivity contribution is 0.0937. The number of nitrogens with zero attached hydrogens (tertiary/aromatic N) is 2. The van der Waals surface area contributed by atoms with Crippen LogP contribution in [0, 0.1) is 20.8 Å². The van der Waals surface area contributed by atoms with Gasteiger partial charge in [-0.15, -0.1) is 11.3 Å². The molecule has 2 heterocycles. The molecule has 2 aromatic heterocycles. The molecule has 2 aromatic rings. The fraction of sp³-hybridized carbons (Fsp3) is 0.438. The third-order valence-corrected chi connectivity index (χ3v) is 4.66. The average Bonchev–Trinajstić information content (AvgIpc) is 2.81. The van der Waals surface area contributed by atoms with Gasteiger partial charge in [-0.3, -0.25) is 9.59 Å². The summed E-state index contributed by atoms with van der Waals surface area (Å²) in [6, 6.07) is 4.10. The highest BCUT2D eigenvalue weighted by molar-refractivity contribution is 7.11. The molecule has 1 atom stereocenters. The summed E-state index contributed by atoms with van der Waals surface area (Å²) in [6.45, 7) is 7.56. The van der Waals surface area contributed by atoms with Crippen molar-refractivity contribution in [1.82, 2.24) is 15.1 Å². The summed E-state index contributed by atoms with van der Waals surface area (Å²) in [7, 11) is 1.56. The fourth-order valence-electron chi connectivity index (χ4n) is 2.36. The Morgan fingerprint density at radius 2 is 2.05 bits per heavy atom. The van der Waals surface area contributed by atoms with E-state index >= 15 is 0 Å². The Kier molecular flexibility index (Phi) is 4.81.